The first-order chi connectivity index (χ1) is 12.6. The second-order valence-electron chi connectivity index (χ2n) is 7.17. The van der Waals surface area contributed by atoms with Gasteiger partial charge in [0.15, 0.2) is 0 Å². The molecule has 1 saturated carbocycles. The van der Waals surface area contributed by atoms with Crippen molar-refractivity contribution in [2.45, 2.75) is 44.8 Å². The van der Waals surface area contributed by atoms with Crippen molar-refractivity contribution >= 4 is 11.8 Å². The number of imidazole rings is 1. The van der Waals surface area contributed by atoms with Crippen LogP contribution < -0.4 is 0 Å². The fourth-order valence-corrected chi connectivity index (χ4v) is 3.57. The standard InChI is InChI=1S/C20H24N4O2/c1-15-20(26)22(11-9-16-5-3-2-4-6-16)14-19(25)24(15)13-18-21-10-12-23(18)17-7-8-17/h2-6,10,12,15,17H,7-9,11,13-14H2,1H3/t15-/m0/s1. The van der Waals surface area contributed by atoms with E-state index in [4.69, 9.17) is 0 Å². The van der Waals surface area contributed by atoms with Crippen molar-refractivity contribution in [2.75, 3.05) is 13.1 Å². The number of nitrogens with zero attached hydrogens (tertiary/aromatic N) is 4. The van der Waals surface area contributed by atoms with Crippen LogP contribution in [0.5, 0.6) is 0 Å². The summed E-state index contributed by atoms with van der Waals surface area (Å²) >= 11 is 0. The zero-order chi connectivity index (χ0) is 18.1. The molecule has 1 aromatic heterocycles. The highest BCUT2D eigenvalue weighted by Crippen LogP contribution is 2.35. The summed E-state index contributed by atoms with van der Waals surface area (Å²) in [4.78, 5) is 33.2. The molecule has 2 fully saturated rings. The second kappa shape index (κ2) is 6.94. The Bertz CT molecular complexity index is 797. The number of amides is 2. The summed E-state index contributed by atoms with van der Waals surface area (Å²) in [6.45, 7) is 2.95. The summed E-state index contributed by atoms with van der Waals surface area (Å²) in [5.74, 6) is 0.888. The third-order valence-corrected chi connectivity index (χ3v) is 5.30. The van der Waals surface area contributed by atoms with Crippen molar-refractivity contribution in [1.82, 2.24) is 19.4 Å². The Hall–Kier alpha value is -2.63. The molecule has 0 unspecified atom stereocenters. The van der Waals surface area contributed by atoms with Gasteiger partial charge in [-0.3, -0.25) is 9.59 Å². The van der Waals surface area contributed by atoms with Crippen molar-refractivity contribution < 1.29 is 9.59 Å². The highest BCUT2D eigenvalue weighted by Gasteiger charge is 2.37. The summed E-state index contributed by atoms with van der Waals surface area (Å²) in [7, 11) is 0. The van der Waals surface area contributed by atoms with Gasteiger partial charge in [0.1, 0.15) is 11.9 Å². The first kappa shape index (κ1) is 16.8. The minimum atomic E-state index is -0.448. The topological polar surface area (TPSA) is 58.4 Å². The van der Waals surface area contributed by atoms with E-state index in [1.807, 2.05) is 43.5 Å². The predicted molar refractivity (Wildman–Crippen MR) is 97.2 cm³/mol. The zero-order valence-electron chi connectivity index (χ0n) is 15.0. The Kier molecular flexibility index (Phi) is 4.49. The molecule has 1 aliphatic heterocycles. The van der Waals surface area contributed by atoms with Crippen LogP contribution in [0.2, 0.25) is 0 Å². The van der Waals surface area contributed by atoms with Gasteiger partial charge in [-0.1, -0.05) is 30.3 Å². The third kappa shape index (κ3) is 3.36. The first-order valence-corrected chi connectivity index (χ1v) is 9.27. The lowest BCUT2D eigenvalue weighted by Crippen LogP contribution is -2.58. The molecule has 1 aliphatic carbocycles. The van der Waals surface area contributed by atoms with Crippen molar-refractivity contribution in [3.63, 3.8) is 0 Å². The van der Waals surface area contributed by atoms with E-state index in [0.29, 0.717) is 19.1 Å². The monoisotopic (exact) mass is 352 g/mol. The second-order valence-corrected chi connectivity index (χ2v) is 7.17. The van der Waals surface area contributed by atoms with E-state index in [2.05, 4.69) is 9.55 Å². The maximum absolute atomic E-state index is 12.8. The fourth-order valence-electron chi connectivity index (χ4n) is 3.57. The molecule has 2 aromatic rings. The molecule has 4 rings (SSSR count). The highest BCUT2D eigenvalue weighted by molar-refractivity contribution is 5.94. The molecule has 0 radical (unpaired) electrons. The van der Waals surface area contributed by atoms with Crippen LogP contribution in [0.25, 0.3) is 0 Å². The Morgan fingerprint density at radius 2 is 1.92 bits per heavy atom. The van der Waals surface area contributed by atoms with Gasteiger partial charge in [0, 0.05) is 25.0 Å². The molecule has 1 aromatic carbocycles. The lowest BCUT2D eigenvalue weighted by molar-refractivity contribution is -0.155. The number of hydrogen-bond acceptors (Lipinski definition) is 3. The normalized spacial score (nSPS) is 20.7. The summed E-state index contributed by atoms with van der Waals surface area (Å²) in [6, 6.07) is 10.1. The Morgan fingerprint density at radius 1 is 1.15 bits per heavy atom. The Labute approximate surface area is 153 Å². The van der Waals surface area contributed by atoms with E-state index in [1.165, 1.54) is 18.4 Å². The molecule has 0 bridgehead atoms. The molecule has 2 heterocycles. The largest absolute Gasteiger partial charge is 0.331 e. The number of piperazine rings is 1. The Morgan fingerprint density at radius 3 is 2.65 bits per heavy atom. The molecular weight excluding hydrogens is 328 g/mol. The molecule has 26 heavy (non-hydrogen) atoms. The fraction of sp³-hybridized carbons (Fsp3) is 0.450. The van der Waals surface area contributed by atoms with Gasteiger partial charge in [0.2, 0.25) is 11.8 Å². The molecule has 1 atom stereocenters. The molecular formula is C20H24N4O2. The van der Waals surface area contributed by atoms with E-state index in [-0.39, 0.29) is 18.4 Å². The van der Waals surface area contributed by atoms with Crippen molar-refractivity contribution in [3.8, 4) is 0 Å². The first-order valence-electron chi connectivity index (χ1n) is 9.27. The summed E-state index contributed by atoms with van der Waals surface area (Å²) in [5.41, 5.74) is 1.18. The van der Waals surface area contributed by atoms with E-state index in [1.54, 1.807) is 16.0 Å². The number of benzene rings is 1. The van der Waals surface area contributed by atoms with Gasteiger partial charge in [-0.25, -0.2) is 4.98 Å². The van der Waals surface area contributed by atoms with Crippen LogP contribution in [0, 0.1) is 0 Å². The molecule has 2 amide bonds. The van der Waals surface area contributed by atoms with Gasteiger partial charge in [-0.15, -0.1) is 0 Å². The summed E-state index contributed by atoms with van der Waals surface area (Å²) in [6.07, 6.45) is 6.84. The number of rotatable bonds is 6. The third-order valence-electron chi connectivity index (χ3n) is 5.30. The zero-order valence-corrected chi connectivity index (χ0v) is 15.0. The van der Waals surface area contributed by atoms with Crippen molar-refractivity contribution in [1.29, 1.82) is 0 Å². The summed E-state index contributed by atoms with van der Waals surface area (Å²) in [5, 5.41) is 0. The molecule has 1 saturated heterocycles. The quantitative estimate of drug-likeness (QED) is 0.799. The van der Waals surface area contributed by atoms with Crippen LogP contribution in [-0.4, -0.2) is 50.3 Å². The van der Waals surface area contributed by atoms with E-state index in [9.17, 15) is 9.59 Å². The minimum Gasteiger partial charge on any atom is -0.331 e. The molecule has 136 valence electrons. The maximum atomic E-state index is 12.8. The maximum Gasteiger partial charge on any atom is 0.245 e. The van der Waals surface area contributed by atoms with E-state index >= 15 is 0 Å². The molecule has 6 nitrogen and oxygen atoms in total. The molecule has 6 heteroatoms. The number of hydrogen-bond donors (Lipinski definition) is 0. The van der Waals surface area contributed by atoms with Crippen LogP contribution in [0.15, 0.2) is 42.7 Å². The van der Waals surface area contributed by atoms with E-state index in [0.717, 1.165) is 12.2 Å². The van der Waals surface area contributed by atoms with Gasteiger partial charge < -0.3 is 14.4 Å². The van der Waals surface area contributed by atoms with Gasteiger partial charge >= 0.3 is 0 Å². The molecule has 0 spiro atoms. The number of carbonyl (C=O) groups is 2. The lowest BCUT2D eigenvalue weighted by Gasteiger charge is -2.38. The minimum absolute atomic E-state index is 0.00416. The average molecular weight is 352 g/mol. The van der Waals surface area contributed by atoms with Gasteiger partial charge in [0.05, 0.1) is 13.1 Å². The van der Waals surface area contributed by atoms with Gasteiger partial charge in [-0.05, 0) is 31.7 Å². The van der Waals surface area contributed by atoms with Gasteiger partial charge in [-0.2, -0.15) is 0 Å². The average Bonchev–Trinajstić information content (AvgIpc) is 3.40. The van der Waals surface area contributed by atoms with Gasteiger partial charge in [0.25, 0.3) is 0 Å². The SMILES string of the molecule is C[C@H]1C(=O)N(CCc2ccccc2)CC(=O)N1Cc1nccn1C1CC1. The van der Waals surface area contributed by atoms with Crippen LogP contribution in [0.4, 0.5) is 0 Å². The lowest BCUT2D eigenvalue weighted by atomic mass is 10.1. The smallest absolute Gasteiger partial charge is 0.245 e. The highest BCUT2D eigenvalue weighted by atomic mass is 16.2. The van der Waals surface area contributed by atoms with Crippen LogP contribution >= 0.6 is 0 Å². The van der Waals surface area contributed by atoms with Crippen LogP contribution in [0.1, 0.15) is 37.2 Å². The molecule has 0 N–H and O–H groups in total. The van der Waals surface area contributed by atoms with Crippen LogP contribution in [0.3, 0.4) is 0 Å². The predicted octanol–water partition coefficient (Wildman–Crippen LogP) is 2.02. The van der Waals surface area contributed by atoms with Crippen molar-refractivity contribution in [3.05, 3.63) is 54.1 Å². The van der Waals surface area contributed by atoms with Crippen molar-refractivity contribution in [2.24, 2.45) is 0 Å². The number of aromatic nitrogens is 2. The Balaban J connectivity index is 1.41. The summed E-state index contributed by atoms with van der Waals surface area (Å²) < 4.78 is 2.15. The van der Waals surface area contributed by atoms with Crippen LogP contribution in [-0.2, 0) is 22.6 Å². The van der Waals surface area contributed by atoms with E-state index < -0.39 is 6.04 Å². The number of carbonyl (C=O) groups excluding carboxylic acids is 2. The molecule has 2 aliphatic rings.